The number of benzene rings is 2. The molecule has 0 atom stereocenters. The standard InChI is InChI=1S/C28H29F3N6O2/c29-8-1-9-33-15-17-2-4-21(5-3-17)37-16-19-14-24(35-26(19)36-28(37)39)18-12-22(30)25(23(31)13-18)27(38)34-20-6-10-32-11-7-20/h2-5,12-14,16,20,32-33H,1,6-11,15H2,(H,34,38)(H,35,36,39). The Hall–Kier alpha value is -3.96. The van der Waals surface area contributed by atoms with Gasteiger partial charge in [-0.3, -0.25) is 13.8 Å². The molecular formula is C28H29F3N6O2. The van der Waals surface area contributed by atoms with Gasteiger partial charge in [0.1, 0.15) is 22.8 Å². The number of hydrogen-bond acceptors (Lipinski definition) is 5. The molecule has 1 fully saturated rings. The molecule has 4 aromatic rings. The zero-order chi connectivity index (χ0) is 27.4. The van der Waals surface area contributed by atoms with Crippen LogP contribution in [0.5, 0.6) is 0 Å². The van der Waals surface area contributed by atoms with Gasteiger partial charge in [0, 0.05) is 35.4 Å². The van der Waals surface area contributed by atoms with Gasteiger partial charge in [-0.1, -0.05) is 12.1 Å². The molecule has 2 aromatic heterocycles. The summed E-state index contributed by atoms with van der Waals surface area (Å²) in [6.07, 6.45) is 3.45. The lowest BCUT2D eigenvalue weighted by molar-refractivity contribution is 0.0921. The van der Waals surface area contributed by atoms with E-state index >= 15 is 0 Å². The van der Waals surface area contributed by atoms with Crippen molar-refractivity contribution in [2.45, 2.75) is 31.8 Å². The van der Waals surface area contributed by atoms with Crippen LogP contribution >= 0.6 is 0 Å². The second kappa shape index (κ2) is 11.8. The van der Waals surface area contributed by atoms with Gasteiger partial charge in [-0.25, -0.2) is 13.6 Å². The van der Waals surface area contributed by atoms with Crippen molar-refractivity contribution in [3.63, 3.8) is 0 Å². The number of H-pyrrole nitrogens is 1. The molecule has 0 bridgehead atoms. The van der Waals surface area contributed by atoms with E-state index in [1.165, 1.54) is 4.57 Å². The Kier molecular flexibility index (Phi) is 8.08. The molecule has 4 N–H and O–H groups in total. The number of aromatic nitrogens is 3. The van der Waals surface area contributed by atoms with Crippen LogP contribution < -0.4 is 21.6 Å². The van der Waals surface area contributed by atoms with Gasteiger partial charge in [-0.15, -0.1) is 0 Å². The average Bonchev–Trinajstić information content (AvgIpc) is 3.34. The number of hydrogen-bond donors (Lipinski definition) is 4. The Morgan fingerprint density at radius 1 is 1.08 bits per heavy atom. The van der Waals surface area contributed by atoms with E-state index < -0.39 is 28.8 Å². The van der Waals surface area contributed by atoms with E-state index in [0.29, 0.717) is 49.1 Å². The first-order chi connectivity index (χ1) is 18.9. The van der Waals surface area contributed by atoms with Gasteiger partial charge in [-0.05, 0) is 74.8 Å². The van der Waals surface area contributed by atoms with Gasteiger partial charge >= 0.3 is 5.69 Å². The van der Waals surface area contributed by atoms with Crippen LogP contribution in [0.1, 0.15) is 35.2 Å². The highest BCUT2D eigenvalue weighted by Gasteiger charge is 2.23. The zero-order valence-corrected chi connectivity index (χ0v) is 21.2. The number of halogens is 3. The predicted octanol–water partition coefficient (Wildman–Crippen LogP) is 3.59. The molecule has 1 aliphatic rings. The zero-order valence-electron chi connectivity index (χ0n) is 21.2. The van der Waals surface area contributed by atoms with Crippen LogP contribution in [0.15, 0.2) is 53.5 Å². The smallest absolute Gasteiger partial charge is 0.349 e. The van der Waals surface area contributed by atoms with Crippen molar-refractivity contribution >= 4 is 16.9 Å². The third-order valence-corrected chi connectivity index (χ3v) is 6.79. The summed E-state index contributed by atoms with van der Waals surface area (Å²) in [5.41, 5.74) is 1.26. The highest BCUT2D eigenvalue weighted by Crippen LogP contribution is 2.27. The molecule has 3 heterocycles. The molecule has 0 spiro atoms. The van der Waals surface area contributed by atoms with E-state index in [1.54, 1.807) is 24.4 Å². The van der Waals surface area contributed by atoms with E-state index in [1.807, 2.05) is 12.1 Å². The van der Waals surface area contributed by atoms with Gasteiger partial charge in [-0.2, -0.15) is 4.98 Å². The lowest BCUT2D eigenvalue weighted by Gasteiger charge is -2.23. The SMILES string of the molecule is O=C(NC1CCNCC1)c1c(F)cc(-c2cc3cn(-c4ccc(CNCCCF)cc4)c(=O)nc3[nH]2)cc1F. The summed E-state index contributed by atoms with van der Waals surface area (Å²) < 4.78 is 43.5. The molecular weight excluding hydrogens is 509 g/mol. The van der Waals surface area contributed by atoms with Gasteiger partial charge in [0.25, 0.3) is 5.91 Å². The fourth-order valence-corrected chi connectivity index (χ4v) is 4.70. The summed E-state index contributed by atoms with van der Waals surface area (Å²) in [5, 5.41) is 9.60. The molecule has 0 radical (unpaired) electrons. The number of piperidine rings is 1. The summed E-state index contributed by atoms with van der Waals surface area (Å²) in [5.74, 6) is -2.72. The number of carbonyl (C=O) groups excluding carboxylic acids is 1. The lowest BCUT2D eigenvalue weighted by Crippen LogP contribution is -2.43. The van der Waals surface area contributed by atoms with Gasteiger partial charge < -0.3 is 20.9 Å². The van der Waals surface area contributed by atoms with E-state index in [2.05, 4.69) is 25.9 Å². The van der Waals surface area contributed by atoms with Crippen LogP contribution in [0.2, 0.25) is 0 Å². The summed E-state index contributed by atoms with van der Waals surface area (Å²) >= 11 is 0. The summed E-state index contributed by atoms with van der Waals surface area (Å²) in [4.78, 5) is 32.3. The minimum Gasteiger partial charge on any atom is -0.349 e. The maximum Gasteiger partial charge on any atom is 0.354 e. The molecule has 2 aromatic carbocycles. The fourth-order valence-electron chi connectivity index (χ4n) is 4.70. The molecule has 11 heteroatoms. The Morgan fingerprint density at radius 3 is 2.49 bits per heavy atom. The number of carbonyl (C=O) groups is 1. The summed E-state index contributed by atoms with van der Waals surface area (Å²) in [6.45, 7) is 2.27. The Bertz CT molecular complexity index is 1500. The van der Waals surface area contributed by atoms with Crippen molar-refractivity contribution in [2.75, 3.05) is 26.3 Å². The van der Waals surface area contributed by atoms with E-state index in [4.69, 9.17) is 0 Å². The lowest BCUT2D eigenvalue weighted by atomic mass is 10.0. The van der Waals surface area contributed by atoms with Crippen molar-refractivity contribution < 1.29 is 18.0 Å². The van der Waals surface area contributed by atoms with Crippen LogP contribution in [-0.2, 0) is 6.54 Å². The maximum atomic E-state index is 14.9. The Labute approximate surface area is 222 Å². The molecule has 0 aliphatic carbocycles. The maximum absolute atomic E-state index is 14.9. The van der Waals surface area contributed by atoms with Crippen LogP contribution in [0.25, 0.3) is 28.0 Å². The number of nitrogens with zero attached hydrogens (tertiary/aromatic N) is 2. The van der Waals surface area contributed by atoms with Crippen LogP contribution in [-0.4, -0.2) is 52.8 Å². The van der Waals surface area contributed by atoms with E-state index in [-0.39, 0.29) is 23.9 Å². The Balaban J connectivity index is 1.37. The normalized spacial score (nSPS) is 14.1. The van der Waals surface area contributed by atoms with Crippen molar-refractivity contribution in [2.24, 2.45) is 0 Å². The first-order valence-corrected chi connectivity index (χ1v) is 12.9. The average molecular weight is 539 g/mol. The van der Waals surface area contributed by atoms with Crippen LogP contribution in [0, 0.1) is 11.6 Å². The van der Waals surface area contributed by atoms with E-state index in [9.17, 15) is 22.8 Å². The fraction of sp³-hybridized carbons (Fsp3) is 0.321. The van der Waals surface area contributed by atoms with Gasteiger partial charge in [0.15, 0.2) is 0 Å². The number of alkyl halides is 1. The van der Waals surface area contributed by atoms with Crippen molar-refractivity contribution in [1.29, 1.82) is 0 Å². The third-order valence-electron chi connectivity index (χ3n) is 6.79. The van der Waals surface area contributed by atoms with Gasteiger partial charge in [0.05, 0.1) is 12.4 Å². The highest BCUT2D eigenvalue weighted by atomic mass is 19.1. The predicted molar refractivity (Wildman–Crippen MR) is 143 cm³/mol. The largest absolute Gasteiger partial charge is 0.354 e. The third kappa shape index (κ3) is 6.04. The number of rotatable bonds is 9. The summed E-state index contributed by atoms with van der Waals surface area (Å²) in [7, 11) is 0. The second-order valence-electron chi connectivity index (χ2n) is 9.58. The minimum absolute atomic E-state index is 0.134. The number of nitrogens with one attached hydrogen (secondary N) is 4. The van der Waals surface area contributed by atoms with Crippen molar-refractivity contribution in [1.82, 2.24) is 30.5 Å². The highest BCUT2D eigenvalue weighted by molar-refractivity contribution is 5.95. The molecule has 0 saturated carbocycles. The van der Waals surface area contributed by atoms with Crippen LogP contribution in [0.3, 0.4) is 0 Å². The molecule has 8 nitrogen and oxygen atoms in total. The quantitative estimate of drug-likeness (QED) is 0.244. The monoisotopic (exact) mass is 538 g/mol. The molecule has 1 saturated heterocycles. The molecule has 1 amide bonds. The second-order valence-corrected chi connectivity index (χ2v) is 9.58. The molecule has 204 valence electrons. The number of fused-ring (bicyclic) bond motifs is 1. The number of amides is 1. The molecule has 5 rings (SSSR count). The first-order valence-electron chi connectivity index (χ1n) is 12.9. The Morgan fingerprint density at radius 2 is 1.79 bits per heavy atom. The van der Waals surface area contributed by atoms with E-state index in [0.717, 1.165) is 30.8 Å². The first kappa shape index (κ1) is 26.6. The van der Waals surface area contributed by atoms with Crippen molar-refractivity contribution in [3.05, 3.63) is 81.9 Å². The van der Waals surface area contributed by atoms with Crippen molar-refractivity contribution in [3.8, 4) is 16.9 Å². The molecule has 39 heavy (non-hydrogen) atoms. The minimum atomic E-state index is -0.970. The summed E-state index contributed by atoms with van der Waals surface area (Å²) in [6, 6.07) is 11.0. The topological polar surface area (TPSA) is 104 Å². The molecule has 0 unspecified atom stereocenters. The number of aromatic amines is 1. The van der Waals surface area contributed by atoms with Gasteiger partial charge in [0.2, 0.25) is 0 Å². The molecule has 1 aliphatic heterocycles. The van der Waals surface area contributed by atoms with Crippen LogP contribution in [0.4, 0.5) is 13.2 Å².